The molecule has 0 saturated heterocycles. The predicted octanol–water partition coefficient (Wildman–Crippen LogP) is -0.476. The summed E-state index contributed by atoms with van der Waals surface area (Å²) >= 11 is 0. The Hall–Kier alpha value is -0.265. The summed E-state index contributed by atoms with van der Waals surface area (Å²) in [6.45, 7) is 2.90. The molecule has 0 fully saturated rings. The zero-order valence-corrected chi connectivity index (χ0v) is 3.36. The Bertz CT molecular complexity index is 28.1. The van der Waals surface area contributed by atoms with E-state index in [1.807, 2.05) is 6.92 Å². The van der Waals surface area contributed by atoms with Crippen LogP contribution in [-0.2, 0) is 0 Å². The van der Waals surface area contributed by atoms with E-state index in [0.29, 0.717) is 0 Å². The van der Waals surface area contributed by atoms with E-state index in [0.717, 1.165) is 6.54 Å². The van der Waals surface area contributed by atoms with Crippen LogP contribution in [0.25, 0.3) is 0 Å². The maximum absolute atomic E-state index is 4.90. The number of hydrogen-bond donors (Lipinski definition) is 1. The minimum absolute atomic E-state index is 0.913. The van der Waals surface area contributed by atoms with Crippen molar-refractivity contribution in [2.24, 2.45) is 0 Å². The van der Waals surface area contributed by atoms with Crippen LogP contribution in [0.15, 0.2) is 0 Å². The topological polar surface area (TPSA) is 12.0 Å². The second-order valence-corrected chi connectivity index (χ2v) is 0.724. The molecule has 0 aliphatic heterocycles. The van der Waals surface area contributed by atoms with E-state index >= 15 is 0 Å². The van der Waals surface area contributed by atoms with Crippen molar-refractivity contribution >= 4 is 13.6 Å². The number of rotatable bonds is 2. The fourth-order valence-electron chi connectivity index (χ4n) is 0.118. The first kappa shape index (κ1) is 4.73. The summed E-state index contributed by atoms with van der Waals surface area (Å²) in [6.07, 6.45) is 1.43. The summed E-state index contributed by atoms with van der Waals surface area (Å²) in [5.74, 6) is 0. The third-order valence-corrected chi connectivity index (χ3v) is 0.322. The van der Waals surface area contributed by atoms with Crippen molar-refractivity contribution in [1.82, 2.24) is 5.32 Å². The van der Waals surface area contributed by atoms with Gasteiger partial charge in [0.2, 0.25) is 0 Å². The average Bonchev–Trinajstić information content (AvgIpc) is 1.41. The molecule has 0 aliphatic carbocycles. The molecule has 1 N–H and O–H groups in total. The summed E-state index contributed by atoms with van der Waals surface area (Å²) in [4.78, 5) is 0. The molecule has 27 valence electrons. The van der Waals surface area contributed by atoms with E-state index in [2.05, 4.69) is 5.32 Å². The van der Waals surface area contributed by atoms with E-state index < -0.39 is 0 Å². The van der Waals surface area contributed by atoms with Crippen molar-refractivity contribution in [3.63, 3.8) is 0 Å². The van der Waals surface area contributed by atoms with Gasteiger partial charge in [-0.25, -0.2) is 0 Å². The Labute approximate surface area is 33.5 Å². The molecule has 1 nitrogen and oxygen atoms in total. The van der Waals surface area contributed by atoms with Gasteiger partial charge >= 0.3 is 32.4 Å². The number of nitrogens with one attached hydrogen (secondary N) is 1. The summed E-state index contributed by atoms with van der Waals surface area (Å²) in [7, 11) is 4.90. The summed E-state index contributed by atoms with van der Waals surface area (Å²) < 4.78 is 0. The quantitative estimate of drug-likeness (QED) is 0.431. The minimum atomic E-state index is 0.913. The average molecular weight is 67.9 g/mol. The Morgan fingerprint density at radius 3 is 2.60 bits per heavy atom. The molecule has 0 aromatic rings. The van der Waals surface area contributed by atoms with E-state index in [9.17, 15) is 0 Å². The van der Waals surface area contributed by atoms with Gasteiger partial charge in [-0.1, -0.05) is 0 Å². The molecule has 0 aromatic heterocycles. The molecule has 0 rings (SSSR count). The Kier molecular flexibility index (Phi) is 3.54. The molecule has 0 bridgehead atoms. The van der Waals surface area contributed by atoms with Gasteiger partial charge in [0.25, 0.3) is 0 Å². The Morgan fingerprint density at radius 1 is 2.00 bits per heavy atom. The van der Waals surface area contributed by atoms with Gasteiger partial charge in [-0.3, -0.25) is 0 Å². The zero-order valence-electron chi connectivity index (χ0n) is 3.36. The van der Waals surface area contributed by atoms with Crippen molar-refractivity contribution in [2.45, 2.75) is 6.92 Å². The molecule has 0 aromatic carbocycles. The normalized spacial score (nSPS) is 6.40. The van der Waals surface area contributed by atoms with Crippen LogP contribution in [0.1, 0.15) is 6.92 Å². The van der Waals surface area contributed by atoms with E-state index in [-0.39, 0.29) is 0 Å². The summed E-state index contributed by atoms with van der Waals surface area (Å²) in [6, 6.07) is 0. The molecule has 2 heteroatoms. The predicted molar refractivity (Wildman–Crippen MR) is 25.5 cm³/mol. The summed E-state index contributed by atoms with van der Waals surface area (Å²) in [5.41, 5.74) is 0. The van der Waals surface area contributed by atoms with Gasteiger partial charge in [-0.2, -0.15) is 0 Å². The van der Waals surface area contributed by atoms with E-state index in [1.165, 1.54) is 6.09 Å². The monoisotopic (exact) mass is 68.1 g/mol. The molecule has 0 saturated carbocycles. The van der Waals surface area contributed by atoms with E-state index in [1.54, 1.807) is 0 Å². The van der Waals surface area contributed by atoms with Crippen LogP contribution in [0.3, 0.4) is 0 Å². The molecule has 0 heterocycles. The first-order valence-electron chi connectivity index (χ1n) is 1.68. The van der Waals surface area contributed by atoms with Crippen molar-refractivity contribution < 1.29 is 0 Å². The molecule has 0 unspecified atom stereocenters. The molecule has 0 atom stereocenters. The van der Waals surface area contributed by atoms with Crippen molar-refractivity contribution in [3.05, 3.63) is 0 Å². The van der Waals surface area contributed by atoms with Gasteiger partial charge in [-0.15, -0.1) is 0 Å². The van der Waals surface area contributed by atoms with Crippen molar-refractivity contribution in [2.75, 3.05) is 6.54 Å². The standard InChI is InChI=1S/C3H7BN/c1-2-5-3-4/h3,5H,2H2,1H3. The van der Waals surface area contributed by atoms with Crippen LogP contribution in [0, 0.1) is 0 Å². The van der Waals surface area contributed by atoms with Crippen molar-refractivity contribution in [3.8, 4) is 0 Å². The fraction of sp³-hybridized carbons (Fsp3) is 0.667. The SMILES string of the molecule is [B]=CNCC. The second-order valence-electron chi connectivity index (χ2n) is 0.724. The Balaban J connectivity index is 2.40. The first-order chi connectivity index (χ1) is 2.41. The third kappa shape index (κ3) is 3.73. The fourth-order valence-corrected chi connectivity index (χ4v) is 0.118. The van der Waals surface area contributed by atoms with Crippen LogP contribution in [-0.4, -0.2) is 20.1 Å². The molecule has 1 radical (unpaired) electrons. The summed E-state index contributed by atoms with van der Waals surface area (Å²) in [5, 5.41) is 2.76. The van der Waals surface area contributed by atoms with Crippen LogP contribution in [0.2, 0.25) is 0 Å². The van der Waals surface area contributed by atoms with Crippen LogP contribution in [0.5, 0.6) is 0 Å². The van der Waals surface area contributed by atoms with Crippen LogP contribution >= 0.6 is 0 Å². The molecule has 0 spiro atoms. The maximum atomic E-state index is 4.90. The van der Waals surface area contributed by atoms with Gasteiger partial charge in [0.1, 0.15) is 0 Å². The zero-order chi connectivity index (χ0) is 4.12. The molecule has 5 heavy (non-hydrogen) atoms. The molecule has 0 amide bonds. The van der Waals surface area contributed by atoms with Crippen LogP contribution in [0.4, 0.5) is 0 Å². The number of hydrogen-bond acceptors (Lipinski definition) is 1. The van der Waals surface area contributed by atoms with Crippen molar-refractivity contribution in [1.29, 1.82) is 0 Å². The van der Waals surface area contributed by atoms with Gasteiger partial charge < -0.3 is 0 Å². The molecule has 0 aliphatic rings. The van der Waals surface area contributed by atoms with Gasteiger partial charge in [0.15, 0.2) is 0 Å². The third-order valence-electron chi connectivity index (χ3n) is 0.322. The molecular formula is C3H7BN. The van der Waals surface area contributed by atoms with Gasteiger partial charge in [0.05, 0.1) is 0 Å². The first-order valence-corrected chi connectivity index (χ1v) is 1.68. The van der Waals surface area contributed by atoms with Gasteiger partial charge in [0, 0.05) is 0 Å². The second kappa shape index (κ2) is 3.73. The van der Waals surface area contributed by atoms with E-state index in [4.69, 9.17) is 7.49 Å². The van der Waals surface area contributed by atoms with Crippen LogP contribution < -0.4 is 5.32 Å². The Morgan fingerprint density at radius 2 is 2.60 bits per heavy atom. The molecular weight excluding hydrogens is 60.9 g/mol. The van der Waals surface area contributed by atoms with Gasteiger partial charge in [-0.05, 0) is 0 Å².